The maximum Gasteiger partial charge on any atom is 0.143 e. The van der Waals surface area contributed by atoms with Gasteiger partial charge in [0, 0.05) is 22.1 Å². The van der Waals surface area contributed by atoms with Crippen LogP contribution in [0.2, 0.25) is 0 Å². The van der Waals surface area contributed by atoms with Crippen LogP contribution in [0.5, 0.6) is 0 Å². The second kappa shape index (κ2) is 13.2. The smallest absolute Gasteiger partial charge is 0.143 e. The third-order valence-corrected chi connectivity index (χ3v) is 10.9. The molecule has 1 aromatic heterocycles. The lowest BCUT2D eigenvalue weighted by Gasteiger charge is -2.26. The number of fused-ring (bicyclic) bond motifs is 7. The number of rotatable bonds is 6. The first-order valence-corrected chi connectivity index (χ1v) is 18.8. The Bertz CT molecular complexity index is 3450. The van der Waals surface area contributed by atoms with Crippen molar-refractivity contribution in [1.29, 1.82) is 0 Å². The standard InChI is InChI=1S/C54H35NO/c1-2-12-43-35-44(24-21-36(43)9-1)39-27-32-46(33-28-39)55(51-17-8-18-52-53(51)50-34-29-41-11-4-6-15-49(41)54(50)56-52)45-30-25-38(26-31-45)37-19-22-42(23-20-37)48-16-7-13-40-10-3-5-14-47(40)48/h1-35H/i27D,28D,32D,33D. The van der Waals surface area contributed by atoms with Gasteiger partial charge in [-0.15, -0.1) is 0 Å². The summed E-state index contributed by atoms with van der Waals surface area (Å²) in [6.45, 7) is 0. The molecule has 1 heterocycles. The van der Waals surface area contributed by atoms with E-state index in [1.165, 1.54) is 16.3 Å². The van der Waals surface area contributed by atoms with Crippen molar-refractivity contribution in [3.05, 3.63) is 212 Å². The van der Waals surface area contributed by atoms with Crippen LogP contribution in [0.15, 0.2) is 217 Å². The van der Waals surface area contributed by atoms with Gasteiger partial charge in [-0.2, -0.15) is 0 Å². The summed E-state index contributed by atoms with van der Waals surface area (Å²) in [6, 6.07) is 62.9. The molecule has 0 fully saturated rings. The number of hydrogen-bond donors (Lipinski definition) is 0. The van der Waals surface area contributed by atoms with Gasteiger partial charge < -0.3 is 9.32 Å². The summed E-state index contributed by atoms with van der Waals surface area (Å²) in [7, 11) is 0. The van der Waals surface area contributed by atoms with Crippen LogP contribution in [-0.2, 0) is 0 Å². The van der Waals surface area contributed by atoms with Crippen molar-refractivity contribution < 1.29 is 9.90 Å². The highest BCUT2D eigenvalue weighted by molar-refractivity contribution is 6.19. The molecular formula is C54H35NO. The lowest BCUT2D eigenvalue weighted by Crippen LogP contribution is -2.10. The van der Waals surface area contributed by atoms with Crippen LogP contribution in [-0.4, -0.2) is 0 Å². The quantitative estimate of drug-likeness (QED) is 0.170. The Labute approximate surface area is 330 Å². The number of furan rings is 1. The number of benzene rings is 10. The normalized spacial score (nSPS) is 12.6. The maximum absolute atomic E-state index is 9.62. The Morgan fingerprint density at radius 3 is 1.75 bits per heavy atom. The predicted octanol–water partition coefficient (Wildman–Crippen LogP) is 15.5. The minimum atomic E-state index is -0.137. The molecule has 56 heavy (non-hydrogen) atoms. The van der Waals surface area contributed by atoms with Crippen LogP contribution < -0.4 is 4.90 Å². The first-order valence-electron chi connectivity index (χ1n) is 20.8. The Kier molecular flexibility index (Phi) is 6.60. The fourth-order valence-electron chi connectivity index (χ4n) is 8.14. The van der Waals surface area contributed by atoms with Gasteiger partial charge in [0.15, 0.2) is 0 Å². The Balaban J connectivity index is 1.08. The molecule has 0 aliphatic carbocycles. The van der Waals surface area contributed by atoms with Crippen molar-refractivity contribution in [2.75, 3.05) is 4.90 Å². The van der Waals surface area contributed by atoms with Gasteiger partial charge in [-0.05, 0) is 109 Å². The average Bonchev–Trinajstić information content (AvgIpc) is 3.70. The van der Waals surface area contributed by atoms with Crippen LogP contribution >= 0.6 is 0 Å². The molecule has 0 saturated carbocycles. The zero-order valence-corrected chi connectivity index (χ0v) is 30.3. The minimum Gasteiger partial charge on any atom is -0.455 e. The minimum absolute atomic E-state index is 0.107. The van der Waals surface area contributed by atoms with E-state index in [1.807, 2.05) is 89.8 Å². The molecule has 10 aromatic carbocycles. The summed E-state index contributed by atoms with van der Waals surface area (Å²) in [5, 5.41) is 8.19. The first-order chi connectivity index (χ1) is 29.4. The van der Waals surface area contributed by atoms with E-state index in [1.54, 1.807) is 0 Å². The number of anilines is 3. The molecule has 2 heteroatoms. The third-order valence-electron chi connectivity index (χ3n) is 10.9. The van der Waals surface area contributed by atoms with Crippen LogP contribution in [0.3, 0.4) is 0 Å². The Morgan fingerprint density at radius 2 is 0.964 bits per heavy atom. The summed E-state index contributed by atoms with van der Waals surface area (Å²) in [6.07, 6.45) is 0. The molecule has 0 spiro atoms. The summed E-state index contributed by atoms with van der Waals surface area (Å²) >= 11 is 0. The van der Waals surface area contributed by atoms with Gasteiger partial charge in [-0.3, -0.25) is 0 Å². The van der Waals surface area contributed by atoms with Crippen LogP contribution in [0.1, 0.15) is 5.48 Å². The van der Waals surface area contributed by atoms with E-state index in [-0.39, 0.29) is 35.4 Å². The molecule has 0 radical (unpaired) electrons. The largest absolute Gasteiger partial charge is 0.455 e. The first kappa shape index (κ1) is 28.1. The van der Waals surface area contributed by atoms with Crippen molar-refractivity contribution >= 4 is 71.3 Å². The van der Waals surface area contributed by atoms with Crippen molar-refractivity contribution in [3.63, 3.8) is 0 Å². The predicted molar refractivity (Wildman–Crippen MR) is 237 cm³/mol. The van der Waals surface area contributed by atoms with E-state index in [9.17, 15) is 5.48 Å². The Morgan fingerprint density at radius 1 is 0.375 bits per heavy atom. The van der Waals surface area contributed by atoms with Crippen LogP contribution in [0.25, 0.3) is 87.6 Å². The van der Waals surface area contributed by atoms with Crippen LogP contribution in [0.4, 0.5) is 17.1 Å². The van der Waals surface area contributed by atoms with Gasteiger partial charge in [0.1, 0.15) is 11.2 Å². The topological polar surface area (TPSA) is 16.4 Å². The van der Waals surface area contributed by atoms with Crippen LogP contribution in [0, 0.1) is 0 Å². The molecule has 0 aliphatic rings. The summed E-state index contributed by atoms with van der Waals surface area (Å²) in [4.78, 5) is 1.87. The van der Waals surface area contributed by atoms with Crippen molar-refractivity contribution in [3.8, 4) is 33.4 Å². The molecule has 0 atom stereocenters. The highest BCUT2D eigenvalue weighted by atomic mass is 16.3. The zero-order valence-electron chi connectivity index (χ0n) is 34.3. The van der Waals surface area contributed by atoms with E-state index in [0.717, 1.165) is 54.6 Å². The molecule has 11 aromatic rings. The molecule has 2 nitrogen and oxygen atoms in total. The van der Waals surface area contributed by atoms with Crippen molar-refractivity contribution in [2.45, 2.75) is 0 Å². The molecule has 262 valence electrons. The van der Waals surface area contributed by atoms with Gasteiger partial charge in [0.05, 0.1) is 16.6 Å². The van der Waals surface area contributed by atoms with Crippen molar-refractivity contribution in [1.82, 2.24) is 0 Å². The molecule has 0 saturated heterocycles. The molecule has 0 N–H and O–H groups in total. The van der Waals surface area contributed by atoms with Crippen molar-refractivity contribution in [2.24, 2.45) is 0 Å². The van der Waals surface area contributed by atoms with E-state index in [2.05, 4.69) is 103 Å². The highest BCUT2D eigenvalue weighted by Crippen LogP contribution is 2.45. The zero-order chi connectivity index (χ0) is 40.5. The number of nitrogens with zero attached hydrogens (tertiary/aromatic N) is 1. The molecular weight excluding hydrogens is 679 g/mol. The Hall–Kier alpha value is -7.42. The molecule has 0 unspecified atom stereocenters. The van der Waals surface area contributed by atoms with Gasteiger partial charge in [0.2, 0.25) is 0 Å². The molecule has 11 rings (SSSR count). The van der Waals surface area contributed by atoms with E-state index >= 15 is 0 Å². The SMILES string of the molecule is [2H]c1c([2H])c(N(c2ccc(-c3ccc(-c4cccc5ccccc45)cc3)cc2)c2cccc3oc4c5ccccc5ccc4c23)c([2H])c([2H])c1-c1ccc2ccccc2c1. The molecule has 0 amide bonds. The third kappa shape index (κ3) is 5.42. The van der Waals surface area contributed by atoms with Gasteiger partial charge in [0.25, 0.3) is 0 Å². The fourth-order valence-corrected chi connectivity index (χ4v) is 8.14. The van der Waals surface area contributed by atoms with E-state index < -0.39 is 0 Å². The second-order valence-corrected chi connectivity index (χ2v) is 14.2. The monoisotopic (exact) mass is 717 g/mol. The molecule has 0 aliphatic heterocycles. The van der Waals surface area contributed by atoms with Gasteiger partial charge in [-0.1, -0.05) is 164 Å². The van der Waals surface area contributed by atoms with E-state index in [0.29, 0.717) is 22.5 Å². The average molecular weight is 718 g/mol. The lowest BCUT2D eigenvalue weighted by atomic mass is 9.96. The highest BCUT2D eigenvalue weighted by Gasteiger charge is 2.20. The summed E-state index contributed by atoms with van der Waals surface area (Å²) < 4.78 is 44.7. The lowest BCUT2D eigenvalue weighted by molar-refractivity contribution is 0.672. The fraction of sp³-hybridized carbons (Fsp3) is 0. The second-order valence-electron chi connectivity index (χ2n) is 14.2. The number of hydrogen-bond acceptors (Lipinski definition) is 2. The summed E-state index contributed by atoms with van der Waals surface area (Å²) in [5.74, 6) is 0. The summed E-state index contributed by atoms with van der Waals surface area (Å²) in [5.41, 5.74) is 8.23. The van der Waals surface area contributed by atoms with Gasteiger partial charge in [-0.25, -0.2) is 0 Å². The van der Waals surface area contributed by atoms with Gasteiger partial charge >= 0.3 is 0 Å². The molecule has 0 bridgehead atoms. The maximum atomic E-state index is 9.62. The van der Waals surface area contributed by atoms with E-state index in [4.69, 9.17) is 4.42 Å².